The number of aromatic nitrogens is 1. The summed E-state index contributed by atoms with van der Waals surface area (Å²) in [4.78, 5) is 27.4. The summed E-state index contributed by atoms with van der Waals surface area (Å²) in [6, 6.07) is 10.3. The van der Waals surface area contributed by atoms with Crippen molar-refractivity contribution in [1.29, 1.82) is 0 Å². The van der Waals surface area contributed by atoms with Gasteiger partial charge in [0.05, 0.1) is 4.90 Å². The number of carbonyl (C=O) groups is 1. The molecular weight excluding hydrogens is 374 g/mol. The van der Waals surface area contributed by atoms with Crippen LogP contribution in [0.15, 0.2) is 52.2 Å². The van der Waals surface area contributed by atoms with Gasteiger partial charge in [0.2, 0.25) is 0 Å². The minimum Gasteiger partial charge on any atom is -0.322 e. The number of benzene rings is 1. The molecule has 1 aromatic heterocycles. The van der Waals surface area contributed by atoms with E-state index in [9.17, 15) is 18.0 Å². The normalized spacial score (nSPS) is 18.1. The molecule has 1 saturated carbocycles. The summed E-state index contributed by atoms with van der Waals surface area (Å²) in [5, 5.41) is 0. The largest absolute Gasteiger partial charge is 0.322 e. The Morgan fingerprint density at radius 3 is 2.29 bits per heavy atom. The molecule has 0 saturated heterocycles. The van der Waals surface area contributed by atoms with E-state index in [0.717, 1.165) is 17.6 Å². The summed E-state index contributed by atoms with van der Waals surface area (Å²) in [6.45, 7) is 3.93. The van der Waals surface area contributed by atoms with Crippen LogP contribution in [0, 0.1) is 5.92 Å². The number of ketones is 1. The van der Waals surface area contributed by atoms with Gasteiger partial charge in [-0.05, 0) is 42.0 Å². The summed E-state index contributed by atoms with van der Waals surface area (Å²) in [5.74, 6) is 0.480. The maximum absolute atomic E-state index is 12.5. The molecule has 1 fully saturated rings. The van der Waals surface area contributed by atoms with Crippen LogP contribution in [0.1, 0.15) is 55.8 Å². The number of hydrogen-bond acceptors (Lipinski definition) is 4. The minimum atomic E-state index is -3.28. The van der Waals surface area contributed by atoms with Crippen molar-refractivity contribution in [1.82, 2.24) is 4.98 Å². The number of hydrogen-bond donors (Lipinski definition) is 1. The molecule has 2 aromatic rings. The standard InChI is InChI=1S/C22H25NO4S/c1-14(2)19-10-11-21(23-22(19)25)20(13-15-4-7-17(24)12-15)16-5-8-18(9-6-16)28(3,26)27/h5-6,8-11,13-15H,4,7,12H2,1-3H3,(H,23,25)/b20-13+/t15-/m0/s1. The number of carbonyl (C=O) groups excluding carboxylic acids is 1. The van der Waals surface area contributed by atoms with Crippen molar-refractivity contribution in [3.8, 4) is 0 Å². The van der Waals surface area contributed by atoms with Crippen LogP contribution in [-0.2, 0) is 14.6 Å². The zero-order chi connectivity index (χ0) is 20.5. The van der Waals surface area contributed by atoms with Crippen molar-refractivity contribution in [3.63, 3.8) is 0 Å². The van der Waals surface area contributed by atoms with Crippen LogP contribution in [0.5, 0.6) is 0 Å². The lowest BCUT2D eigenvalue weighted by Gasteiger charge is -2.13. The Morgan fingerprint density at radius 1 is 1.11 bits per heavy atom. The molecule has 1 aromatic carbocycles. The van der Waals surface area contributed by atoms with Crippen molar-refractivity contribution < 1.29 is 13.2 Å². The fraction of sp³-hybridized carbons (Fsp3) is 0.364. The smallest absolute Gasteiger partial charge is 0.251 e. The Hall–Kier alpha value is -2.47. The van der Waals surface area contributed by atoms with Crippen LogP contribution in [0.2, 0.25) is 0 Å². The van der Waals surface area contributed by atoms with Gasteiger partial charge in [0.1, 0.15) is 5.78 Å². The molecule has 0 amide bonds. The molecule has 0 radical (unpaired) electrons. The van der Waals surface area contributed by atoms with Gasteiger partial charge in [0, 0.05) is 35.9 Å². The Morgan fingerprint density at radius 2 is 1.79 bits per heavy atom. The first-order valence-corrected chi connectivity index (χ1v) is 11.3. The molecule has 1 heterocycles. The van der Waals surface area contributed by atoms with E-state index < -0.39 is 9.84 Å². The van der Waals surface area contributed by atoms with Gasteiger partial charge in [-0.2, -0.15) is 0 Å². The van der Waals surface area contributed by atoms with E-state index >= 15 is 0 Å². The van der Waals surface area contributed by atoms with Gasteiger partial charge in [-0.1, -0.05) is 38.1 Å². The fourth-order valence-electron chi connectivity index (χ4n) is 3.54. The topological polar surface area (TPSA) is 84.1 Å². The molecule has 3 rings (SSSR count). The number of H-pyrrole nitrogens is 1. The van der Waals surface area contributed by atoms with E-state index in [1.54, 1.807) is 24.3 Å². The Bertz CT molecular complexity index is 1080. The molecule has 0 aliphatic heterocycles. The third-order valence-electron chi connectivity index (χ3n) is 5.13. The number of allylic oxidation sites excluding steroid dienone is 1. The molecule has 1 aliphatic rings. The number of pyridine rings is 1. The molecule has 148 valence electrons. The molecule has 6 heteroatoms. The SMILES string of the molecule is CC(C)c1ccc(/C(=C/[C@H]2CCC(=O)C2)c2ccc(S(C)(=O)=O)cc2)[nH]c1=O. The number of sulfone groups is 1. The first-order valence-electron chi connectivity index (χ1n) is 9.42. The summed E-state index contributed by atoms with van der Waals surface area (Å²) in [5.41, 5.74) is 2.87. The quantitative estimate of drug-likeness (QED) is 0.831. The van der Waals surface area contributed by atoms with E-state index in [-0.39, 0.29) is 28.1 Å². The lowest BCUT2D eigenvalue weighted by Crippen LogP contribution is -2.15. The monoisotopic (exact) mass is 399 g/mol. The zero-order valence-corrected chi connectivity index (χ0v) is 17.2. The Labute approximate surface area is 165 Å². The summed E-state index contributed by atoms with van der Waals surface area (Å²) in [6.07, 6.45) is 5.06. The minimum absolute atomic E-state index is 0.116. The van der Waals surface area contributed by atoms with Crippen molar-refractivity contribution in [3.05, 3.63) is 69.6 Å². The average molecular weight is 400 g/mol. The van der Waals surface area contributed by atoms with Crippen molar-refractivity contribution >= 4 is 21.2 Å². The van der Waals surface area contributed by atoms with E-state index in [1.165, 1.54) is 6.26 Å². The first kappa shape index (κ1) is 20.3. The van der Waals surface area contributed by atoms with Gasteiger partial charge >= 0.3 is 0 Å². The average Bonchev–Trinajstić information content (AvgIpc) is 3.03. The molecule has 0 spiro atoms. The maximum Gasteiger partial charge on any atom is 0.251 e. The van der Waals surface area contributed by atoms with Crippen LogP contribution < -0.4 is 5.56 Å². The highest BCUT2D eigenvalue weighted by Crippen LogP contribution is 2.30. The predicted molar refractivity (Wildman–Crippen MR) is 110 cm³/mol. The van der Waals surface area contributed by atoms with E-state index in [0.29, 0.717) is 24.1 Å². The van der Waals surface area contributed by atoms with Gasteiger partial charge in [0.25, 0.3) is 5.56 Å². The second kappa shape index (κ2) is 7.87. The van der Waals surface area contributed by atoms with E-state index in [4.69, 9.17) is 0 Å². The van der Waals surface area contributed by atoms with Gasteiger partial charge in [-0.25, -0.2) is 8.42 Å². The van der Waals surface area contributed by atoms with Crippen molar-refractivity contribution in [2.45, 2.75) is 43.9 Å². The number of nitrogens with one attached hydrogen (secondary N) is 1. The summed E-state index contributed by atoms with van der Waals surface area (Å²) in [7, 11) is -3.28. The molecule has 1 aliphatic carbocycles. The second-order valence-electron chi connectivity index (χ2n) is 7.73. The maximum atomic E-state index is 12.5. The lowest BCUT2D eigenvalue weighted by molar-refractivity contribution is -0.117. The van der Waals surface area contributed by atoms with Gasteiger partial charge in [0.15, 0.2) is 9.84 Å². The molecule has 1 atom stereocenters. The number of Topliss-reactive ketones (excluding diaryl/α,β-unsaturated/α-hetero) is 1. The lowest BCUT2D eigenvalue weighted by atomic mass is 9.95. The molecule has 1 N–H and O–H groups in total. The fourth-order valence-corrected chi connectivity index (χ4v) is 4.17. The van der Waals surface area contributed by atoms with Crippen LogP contribution in [0.25, 0.3) is 5.57 Å². The molecule has 28 heavy (non-hydrogen) atoms. The van der Waals surface area contributed by atoms with Gasteiger partial charge in [-0.15, -0.1) is 0 Å². The molecule has 0 unspecified atom stereocenters. The summed E-state index contributed by atoms with van der Waals surface area (Å²) < 4.78 is 23.5. The molecular formula is C22H25NO4S. The van der Waals surface area contributed by atoms with Crippen LogP contribution in [0.4, 0.5) is 0 Å². The summed E-state index contributed by atoms with van der Waals surface area (Å²) >= 11 is 0. The predicted octanol–water partition coefficient (Wildman–Crippen LogP) is 3.70. The van der Waals surface area contributed by atoms with Crippen LogP contribution in [-0.4, -0.2) is 25.4 Å². The second-order valence-corrected chi connectivity index (χ2v) is 9.75. The van der Waals surface area contributed by atoms with Gasteiger partial charge in [-0.3, -0.25) is 9.59 Å². The number of aromatic amines is 1. The highest BCUT2D eigenvalue weighted by molar-refractivity contribution is 7.90. The number of rotatable bonds is 5. The molecule has 0 bridgehead atoms. The zero-order valence-electron chi connectivity index (χ0n) is 16.4. The van der Waals surface area contributed by atoms with Crippen LogP contribution >= 0.6 is 0 Å². The van der Waals surface area contributed by atoms with Crippen molar-refractivity contribution in [2.24, 2.45) is 5.92 Å². The first-order chi connectivity index (χ1) is 13.1. The highest BCUT2D eigenvalue weighted by atomic mass is 32.2. The van der Waals surface area contributed by atoms with Crippen molar-refractivity contribution in [2.75, 3.05) is 6.26 Å². The Balaban J connectivity index is 2.08. The highest BCUT2D eigenvalue weighted by Gasteiger charge is 2.22. The molecule has 5 nitrogen and oxygen atoms in total. The van der Waals surface area contributed by atoms with E-state index in [2.05, 4.69) is 4.98 Å². The van der Waals surface area contributed by atoms with Crippen LogP contribution in [0.3, 0.4) is 0 Å². The van der Waals surface area contributed by atoms with Gasteiger partial charge < -0.3 is 4.98 Å². The van der Waals surface area contributed by atoms with E-state index in [1.807, 2.05) is 32.1 Å². The Kier molecular flexibility index (Phi) is 5.70. The third kappa shape index (κ3) is 4.50. The third-order valence-corrected chi connectivity index (χ3v) is 6.26.